The molecule has 0 bridgehead atoms. The molecule has 0 saturated carbocycles. The van der Waals surface area contributed by atoms with Gasteiger partial charge in [-0.15, -0.1) is 11.3 Å². The standard InChI is InChI=1S/C32H23F2N3O7S/c1-16-23(44-32(40)43-16)14-42-29-22(38)8-10-36-28(29)31(39)35-11-12-41-15-24(35)37(36)27-17-4-2-3-5-18(17)30-20(9-13-45-30)25-19(27)6-7-21(33)26(25)34/h2-10,13,24,27H,11-12,14-15H2,1H3/t24-,27-/m1/s1. The first-order valence-electron chi connectivity index (χ1n) is 14.1. The molecule has 10 nitrogen and oxygen atoms in total. The minimum atomic E-state index is -0.979. The summed E-state index contributed by atoms with van der Waals surface area (Å²) in [5, 5.41) is 3.70. The summed E-state index contributed by atoms with van der Waals surface area (Å²) in [5.74, 6) is -3.35. The quantitative estimate of drug-likeness (QED) is 0.278. The Bertz CT molecular complexity index is 2130. The van der Waals surface area contributed by atoms with Crippen LogP contribution in [-0.2, 0) is 11.3 Å². The van der Waals surface area contributed by atoms with Gasteiger partial charge >= 0.3 is 5.82 Å². The van der Waals surface area contributed by atoms with E-state index in [9.17, 15) is 18.8 Å². The zero-order valence-corrected chi connectivity index (χ0v) is 24.4. The van der Waals surface area contributed by atoms with E-state index in [-0.39, 0.29) is 54.9 Å². The maximum Gasteiger partial charge on any atom is 0.519 e. The topological polar surface area (TPSA) is 107 Å². The number of halogens is 2. The Morgan fingerprint density at radius 2 is 1.84 bits per heavy atom. The molecule has 1 amide bonds. The molecule has 0 unspecified atom stereocenters. The van der Waals surface area contributed by atoms with Crippen LogP contribution in [0.5, 0.6) is 5.75 Å². The van der Waals surface area contributed by atoms with Crippen molar-refractivity contribution in [1.29, 1.82) is 0 Å². The second-order valence-electron chi connectivity index (χ2n) is 10.8. The highest BCUT2D eigenvalue weighted by molar-refractivity contribution is 7.14. The number of carbonyl (C=O) groups excluding carboxylic acids is 1. The number of fused-ring (bicyclic) bond motifs is 7. The van der Waals surface area contributed by atoms with Crippen molar-refractivity contribution in [3.63, 3.8) is 0 Å². The van der Waals surface area contributed by atoms with E-state index in [1.54, 1.807) is 21.7 Å². The first-order valence-corrected chi connectivity index (χ1v) is 15.0. The van der Waals surface area contributed by atoms with Crippen LogP contribution in [0, 0.1) is 18.6 Å². The van der Waals surface area contributed by atoms with E-state index in [1.807, 2.05) is 34.7 Å². The predicted octanol–water partition coefficient (Wildman–Crippen LogP) is 4.81. The summed E-state index contributed by atoms with van der Waals surface area (Å²) in [6.07, 6.45) is 0.791. The first kappa shape index (κ1) is 27.5. The lowest BCUT2D eigenvalue weighted by Crippen LogP contribution is -2.66. The summed E-state index contributed by atoms with van der Waals surface area (Å²) >= 11 is 1.43. The van der Waals surface area contributed by atoms with E-state index in [1.165, 1.54) is 30.5 Å². The molecule has 45 heavy (non-hydrogen) atoms. The van der Waals surface area contributed by atoms with Gasteiger partial charge in [0.05, 0.1) is 19.3 Å². The third-order valence-electron chi connectivity index (χ3n) is 8.46. The van der Waals surface area contributed by atoms with E-state index in [2.05, 4.69) is 0 Å². The second-order valence-corrected chi connectivity index (χ2v) is 11.8. The van der Waals surface area contributed by atoms with E-state index in [4.69, 9.17) is 18.3 Å². The zero-order chi connectivity index (χ0) is 31.0. The number of morpholine rings is 1. The molecule has 0 radical (unpaired) electrons. The molecule has 3 aromatic heterocycles. The van der Waals surface area contributed by atoms with Crippen molar-refractivity contribution in [2.75, 3.05) is 24.8 Å². The summed E-state index contributed by atoms with van der Waals surface area (Å²) in [6.45, 7) is 1.77. The summed E-state index contributed by atoms with van der Waals surface area (Å²) < 4.78 is 54.1. The lowest BCUT2D eigenvalue weighted by molar-refractivity contribution is -0.0198. The van der Waals surface area contributed by atoms with Crippen molar-refractivity contribution in [1.82, 2.24) is 9.58 Å². The van der Waals surface area contributed by atoms with E-state index >= 15 is 4.39 Å². The van der Waals surface area contributed by atoms with Gasteiger partial charge in [-0.25, -0.2) is 13.6 Å². The van der Waals surface area contributed by atoms with Gasteiger partial charge in [0.1, 0.15) is 12.8 Å². The number of amides is 1. The minimum absolute atomic E-state index is 0.0650. The Hall–Kier alpha value is -5.01. The molecule has 0 N–H and O–H groups in total. The number of carbonyl (C=O) groups is 1. The molecule has 5 heterocycles. The van der Waals surface area contributed by atoms with Gasteiger partial charge in [0.25, 0.3) is 5.91 Å². The number of benzene rings is 2. The third-order valence-corrected chi connectivity index (χ3v) is 9.41. The van der Waals surface area contributed by atoms with Crippen molar-refractivity contribution < 1.29 is 31.9 Å². The number of nitrogens with zero attached hydrogens (tertiary/aromatic N) is 3. The van der Waals surface area contributed by atoms with Gasteiger partial charge in [-0.1, -0.05) is 30.3 Å². The molecule has 2 aliphatic heterocycles. The monoisotopic (exact) mass is 631 g/mol. The molecule has 0 spiro atoms. The van der Waals surface area contributed by atoms with Crippen LogP contribution in [0.4, 0.5) is 8.78 Å². The number of pyridine rings is 1. The maximum absolute atomic E-state index is 15.9. The highest BCUT2D eigenvalue weighted by atomic mass is 32.1. The van der Waals surface area contributed by atoms with Gasteiger partial charge < -0.3 is 23.2 Å². The highest BCUT2D eigenvalue weighted by Gasteiger charge is 2.47. The molecule has 2 atom stereocenters. The number of ether oxygens (including phenoxy) is 2. The van der Waals surface area contributed by atoms with Crippen molar-refractivity contribution in [2.45, 2.75) is 25.7 Å². The molecule has 1 fully saturated rings. The van der Waals surface area contributed by atoms with Crippen LogP contribution in [0.1, 0.15) is 39.2 Å². The molecule has 228 valence electrons. The van der Waals surface area contributed by atoms with Crippen LogP contribution in [0.2, 0.25) is 0 Å². The lowest BCUT2D eigenvalue weighted by atomic mass is 9.92. The number of rotatable bonds is 4. The zero-order valence-electron chi connectivity index (χ0n) is 23.6. The van der Waals surface area contributed by atoms with Gasteiger partial charge in [-0.2, -0.15) is 0 Å². The average Bonchev–Trinajstić information content (AvgIpc) is 3.62. The van der Waals surface area contributed by atoms with Gasteiger partial charge in [0, 0.05) is 34.8 Å². The Morgan fingerprint density at radius 1 is 1.00 bits per heavy atom. The SMILES string of the molecule is Cc1oc(=O)oc1COc1c2n(ccc1=O)N([C@@H]1c3ccccc3-c3sccc3-c3c1ccc(F)c3F)[C@@H]1COCCN1C2=O. The lowest BCUT2D eigenvalue weighted by Gasteiger charge is -2.51. The summed E-state index contributed by atoms with van der Waals surface area (Å²) in [7, 11) is 0. The van der Waals surface area contributed by atoms with E-state index in [0.29, 0.717) is 11.1 Å². The van der Waals surface area contributed by atoms with Crippen LogP contribution >= 0.6 is 11.3 Å². The molecule has 1 saturated heterocycles. The minimum Gasteiger partial charge on any atom is -0.479 e. The van der Waals surface area contributed by atoms with E-state index in [0.717, 1.165) is 22.1 Å². The fraction of sp³-hybridized carbons (Fsp3) is 0.219. The van der Waals surface area contributed by atoms with Crippen molar-refractivity contribution in [2.24, 2.45) is 0 Å². The van der Waals surface area contributed by atoms with Crippen molar-refractivity contribution in [3.05, 3.63) is 121 Å². The molecule has 2 aromatic carbocycles. The van der Waals surface area contributed by atoms with E-state index < -0.39 is 41.0 Å². The Kier molecular flexibility index (Phi) is 6.29. The van der Waals surface area contributed by atoms with Crippen LogP contribution in [-0.4, -0.2) is 41.4 Å². The normalized spacial score (nSPS) is 18.4. The average molecular weight is 632 g/mol. The largest absolute Gasteiger partial charge is 0.519 e. The highest BCUT2D eigenvalue weighted by Crippen LogP contribution is 2.51. The first-order chi connectivity index (χ1) is 21.8. The fourth-order valence-electron chi connectivity index (χ4n) is 6.48. The Balaban J connectivity index is 1.38. The molecular weight excluding hydrogens is 608 g/mol. The Morgan fingerprint density at radius 3 is 2.67 bits per heavy atom. The molecule has 1 aliphatic carbocycles. The van der Waals surface area contributed by atoms with Crippen molar-refractivity contribution in [3.8, 4) is 27.3 Å². The van der Waals surface area contributed by atoms with Crippen LogP contribution < -0.4 is 21.0 Å². The number of thiophene rings is 1. The second kappa shape index (κ2) is 10.3. The van der Waals surface area contributed by atoms with Crippen molar-refractivity contribution >= 4 is 17.2 Å². The van der Waals surface area contributed by atoms with Gasteiger partial charge in [-0.3, -0.25) is 19.3 Å². The molecule has 5 aromatic rings. The number of hydrogen-bond acceptors (Lipinski definition) is 9. The molecule has 3 aliphatic rings. The van der Waals surface area contributed by atoms with Gasteiger partial charge in [0.2, 0.25) is 5.43 Å². The van der Waals surface area contributed by atoms with Gasteiger partial charge in [-0.05, 0) is 41.1 Å². The summed E-state index contributed by atoms with van der Waals surface area (Å²) in [4.78, 5) is 41.4. The summed E-state index contributed by atoms with van der Waals surface area (Å²) in [5.41, 5.74) is 2.14. The fourth-order valence-corrected chi connectivity index (χ4v) is 7.43. The number of aryl methyl sites for hydroxylation is 1. The molecule has 8 rings (SSSR count). The van der Waals surface area contributed by atoms with Gasteiger partial charge in [0.15, 0.2) is 34.6 Å². The Labute approximate surface area is 257 Å². The smallest absolute Gasteiger partial charge is 0.479 e. The predicted molar refractivity (Wildman–Crippen MR) is 158 cm³/mol. The summed E-state index contributed by atoms with van der Waals surface area (Å²) in [6, 6.07) is 12.6. The molecular formula is C32H23F2N3O7S. The number of hydrogen-bond donors (Lipinski definition) is 0. The van der Waals surface area contributed by atoms with Crippen LogP contribution in [0.15, 0.2) is 78.5 Å². The molecule has 13 heteroatoms. The number of aromatic nitrogens is 1. The van der Waals surface area contributed by atoms with Crippen LogP contribution in [0.25, 0.3) is 21.6 Å². The third kappa shape index (κ3) is 4.11. The maximum atomic E-state index is 15.9. The van der Waals surface area contributed by atoms with Crippen LogP contribution in [0.3, 0.4) is 0 Å².